The number of anilines is 1. The Hall–Kier alpha value is -3.57. The number of amides is 1. The molecule has 9 nitrogen and oxygen atoms in total. The molecule has 1 unspecified atom stereocenters. The minimum Gasteiger partial charge on any atom is -0.473 e. The van der Waals surface area contributed by atoms with Crippen LogP contribution in [0.1, 0.15) is 55.1 Å². The molecule has 3 fully saturated rings. The third-order valence-electron chi connectivity index (χ3n) is 9.45. The number of hydrogen-bond donors (Lipinski definition) is 2. The summed E-state index contributed by atoms with van der Waals surface area (Å²) in [5.74, 6) is 1.52. The van der Waals surface area contributed by atoms with Gasteiger partial charge in [-0.15, -0.1) is 0 Å². The number of piperidine rings is 2. The minimum absolute atomic E-state index is 0.000365. The van der Waals surface area contributed by atoms with E-state index in [2.05, 4.69) is 32.2 Å². The largest absolute Gasteiger partial charge is 0.473 e. The monoisotopic (exact) mass is 646 g/mol. The summed E-state index contributed by atoms with van der Waals surface area (Å²) in [6.07, 6.45) is 5.14. The van der Waals surface area contributed by atoms with Gasteiger partial charge in [0.05, 0.1) is 36.1 Å². The maximum absolute atomic E-state index is 14.2. The fraction of sp³-hybridized carbons (Fsp3) is 0.457. The van der Waals surface area contributed by atoms with Gasteiger partial charge in [-0.2, -0.15) is 0 Å². The summed E-state index contributed by atoms with van der Waals surface area (Å²) in [5, 5.41) is 6.80. The number of fused-ring (bicyclic) bond motifs is 1. The number of hydrogen-bond acceptors (Lipinski definition) is 7. The Balaban J connectivity index is 0.996. The fourth-order valence-electron chi connectivity index (χ4n) is 6.65. The van der Waals surface area contributed by atoms with Crippen LogP contribution in [0.4, 0.5) is 10.1 Å². The second kappa shape index (κ2) is 14.0. The summed E-state index contributed by atoms with van der Waals surface area (Å²) in [7, 11) is 0. The number of pyridine rings is 1. The molecule has 5 heterocycles. The summed E-state index contributed by atoms with van der Waals surface area (Å²) >= 11 is 5.87. The maximum atomic E-state index is 14.2. The van der Waals surface area contributed by atoms with Gasteiger partial charge in [0.1, 0.15) is 18.2 Å². The van der Waals surface area contributed by atoms with E-state index in [1.807, 2.05) is 24.3 Å². The molecule has 3 saturated heterocycles. The molecule has 2 N–H and O–H groups in total. The van der Waals surface area contributed by atoms with Crippen molar-refractivity contribution in [2.75, 3.05) is 38.1 Å². The zero-order valence-electron chi connectivity index (χ0n) is 25.9. The molecule has 0 bridgehead atoms. The van der Waals surface area contributed by atoms with E-state index in [4.69, 9.17) is 31.0 Å². The zero-order valence-corrected chi connectivity index (χ0v) is 26.6. The van der Waals surface area contributed by atoms with Crippen molar-refractivity contribution in [3.05, 3.63) is 82.5 Å². The van der Waals surface area contributed by atoms with Crippen molar-refractivity contribution < 1.29 is 18.7 Å². The molecule has 2 aromatic carbocycles. The second-order valence-corrected chi connectivity index (χ2v) is 13.1. The number of ether oxygens (including phenoxy) is 2. The SMILES string of the molecule is O=C(Nc1ccc2c(c1)nc(CN1CCC(c3cccc(OCc4ccc(Cl)cc4F)n3)CC1)n2C[C@@H]1CCO1)C1CCCNC1. The van der Waals surface area contributed by atoms with Crippen LogP contribution in [-0.2, 0) is 29.2 Å². The van der Waals surface area contributed by atoms with Gasteiger partial charge < -0.3 is 24.7 Å². The van der Waals surface area contributed by atoms with Gasteiger partial charge in [0.15, 0.2) is 0 Å². The van der Waals surface area contributed by atoms with Gasteiger partial charge in [0, 0.05) is 47.1 Å². The lowest BCUT2D eigenvalue weighted by Crippen LogP contribution is -2.37. The van der Waals surface area contributed by atoms with Crippen LogP contribution in [0.15, 0.2) is 54.6 Å². The van der Waals surface area contributed by atoms with E-state index in [0.29, 0.717) is 22.4 Å². The summed E-state index contributed by atoms with van der Waals surface area (Å²) in [6.45, 7) is 5.98. The molecule has 242 valence electrons. The number of likely N-dealkylation sites (tertiary alicyclic amines) is 1. The first-order valence-electron chi connectivity index (χ1n) is 16.4. The normalized spacial score (nSPS) is 20.8. The number of benzene rings is 2. The highest BCUT2D eigenvalue weighted by Gasteiger charge is 2.27. The first-order chi connectivity index (χ1) is 22.5. The van der Waals surface area contributed by atoms with Crippen molar-refractivity contribution in [2.45, 2.75) is 63.8 Å². The third kappa shape index (κ3) is 7.20. The Labute approximate surface area is 273 Å². The number of carbonyl (C=O) groups is 1. The van der Waals surface area contributed by atoms with Crippen LogP contribution < -0.4 is 15.4 Å². The fourth-order valence-corrected chi connectivity index (χ4v) is 6.81. The van der Waals surface area contributed by atoms with E-state index in [9.17, 15) is 9.18 Å². The lowest BCUT2D eigenvalue weighted by molar-refractivity contribution is -0.120. The standard InChI is InChI=1S/C35H40ClFN6O3/c36-26-7-6-25(29(37)17-26)22-46-34-5-1-4-30(41-34)23-10-14-42(15-11-23)21-33-40-31-18-27(39-35(44)24-3-2-13-38-19-24)8-9-32(31)43(33)20-28-12-16-45-28/h1,4-9,17-18,23-24,28,38H,2-3,10-16,19-22H2,(H,39,44)/t24?,28-/m0/s1. The minimum atomic E-state index is -0.385. The maximum Gasteiger partial charge on any atom is 0.228 e. The first kappa shape index (κ1) is 31.1. The van der Waals surface area contributed by atoms with Crippen molar-refractivity contribution in [3.8, 4) is 5.88 Å². The van der Waals surface area contributed by atoms with E-state index in [1.54, 1.807) is 12.1 Å². The highest BCUT2D eigenvalue weighted by atomic mass is 35.5. The Morgan fingerprint density at radius 1 is 1.09 bits per heavy atom. The van der Waals surface area contributed by atoms with Crippen LogP contribution in [0.25, 0.3) is 11.0 Å². The molecule has 2 aromatic heterocycles. The average molecular weight is 647 g/mol. The molecule has 3 aliphatic heterocycles. The van der Waals surface area contributed by atoms with Crippen LogP contribution in [0, 0.1) is 11.7 Å². The van der Waals surface area contributed by atoms with E-state index in [0.717, 1.165) is 106 Å². The Morgan fingerprint density at radius 2 is 1.96 bits per heavy atom. The first-order valence-corrected chi connectivity index (χ1v) is 16.7. The number of nitrogens with one attached hydrogen (secondary N) is 2. The molecule has 0 aliphatic carbocycles. The number of carbonyl (C=O) groups excluding carboxylic acids is 1. The number of aromatic nitrogens is 3. The van der Waals surface area contributed by atoms with Gasteiger partial charge in [0.2, 0.25) is 11.8 Å². The average Bonchev–Trinajstić information content (AvgIpc) is 3.38. The quantitative estimate of drug-likeness (QED) is 0.221. The lowest BCUT2D eigenvalue weighted by Gasteiger charge is -2.32. The number of halogens is 2. The molecule has 0 spiro atoms. The third-order valence-corrected chi connectivity index (χ3v) is 9.68. The smallest absolute Gasteiger partial charge is 0.228 e. The van der Waals surface area contributed by atoms with E-state index >= 15 is 0 Å². The Kier molecular flexibility index (Phi) is 9.48. The molecule has 4 aromatic rings. The molecule has 3 aliphatic rings. The molecule has 2 atom stereocenters. The second-order valence-electron chi connectivity index (χ2n) is 12.6. The summed E-state index contributed by atoms with van der Waals surface area (Å²) < 4.78 is 28.1. The molecular weight excluding hydrogens is 607 g/mol. The lowest BCUT2D eigenvalue weighted by atomic mass is 9.93. The molecule has 0 saturated carbocycles. The van der Waals surface area contributed by atoms with Gasteiger partial charge in [-0.1, -0.05) is 23.7 Å². The molecule has 1 amide bonds. The summed E-state index contributed by atoms with van der Waals surface area (Å²) in [4.78, 5) is 25.2. The van der Waals surface area contributed by atoms with E-state index in [-0.39, 0.29) is 30.4 Å². The van der Waals surface area contributed by atoms with Crippen molar-refractivity contribution in [3.63, 3.8) is 0 Å². The van der Waals surface area contributed by atoms with Crippen LogP contribution in [0.3, 0.4) is 0 Å². The highest BCUT2D eigenvalue weighted by Crippen LogP contribution is 2.30. The number of rotatable bonds is 10. The van der Waals surface area contributed by atoms with Gasteiger partial charge >= 0.3 is 0 Å². The van der Waals surface area contributed by atoms with Gasteiger partial charge in [-0.3, -0.25) is 9.69 Å². The molecule has 11 heteroatoms. The van der Waals surface area contributed by atoms with Crippen molar-refractivity contribution in [1.82, 2.24) is 24.8 Å². The Bertz CT molecular complexity index is 1680. The summed E-state index contributed by atoms with van der Waals surface area (Å²) in [5.41, 5.74) is 4.19. The predicted octanol–water partition coefficient (Wildman–Crippen LogP) is 5.91. The number of imidazole rings is 1. The van der Waals surface area contributed by atoms with Crippen molar-refractivity contribution >= 4 is 34.2 Å². The van der Waals surface area contributed by atoms with Crippen LogP contribution in [0.2, 0.25) is 5.02 Å². The molecular formula is C35H40ClFN6O3. The van der Waals surface area contributed by atoms with Crippen LogP contribution in [-0.4, -0.2) is 64.2 Å². The molecule has 7 rings (SSSR count). The van der Waals surface area contributed by atoms with Crippen LogP contribution >= 0.6 is 11.6 Å². The predicted molar refractivity (Wildman–Crippen MR) is 176 cm³/mol. The molecule has 46 heavy (non-hydrogen) atoms. The van der Waals surface area contributed by atoms with Gasteiger partial charge in [-0.05, 0) is 88.1 Å². The van der Waals surface area contributed by atoms with E-state index < -0.39 is 0 Å². The van der Waals surface area contributed by atoms with E-state index in [1.165, 1.54) is 6.07 Å². The zero-order chi connectivity index (χ0) is 31.5. The molecule has 0 radical (unpaired) electrons. The van der Waals surface area contributed by atoms with Gasteiger partial charge in [0.25, 0.3) is 0 Å². The Morgan fingerprint density at radius 3 is 2.72 bits per heavy atom. The van der Waals surface area contributed by atoms with Crippen molar-refractivity contribution in [2.24, 2.45) is 5.92 Å². The van der Waals surface area contributed by atoms with Crippen LogP contribution in [0.5, 0.6) is 5.88 Å². The van der Waals surface area contributed by atoms with Crippen molar-refractivity contribution in [1.29, 1.82) is 0 Å². The number of nitrogens with zero attached hydrogens (tertiary/aromatic N) is 4. The van der Waals surface area contributed by atoms with Gasteiger partial charge in [-0.25, -0.2) is 14.4 Å². The topological polar surface area (TPSA) is 93.5 Å². The highest BCUT2D eigenvalue weighted by molar-refractivity contribution is 6.30. The summed E-state index contributed by atoms with van der Waals surface area (Å²) in [6, 6.07) is 16.5.